The van der Waals surface area contributed by atoms with Gasteiger partial charge in [0.05, 0.1) is 24.6 Å². The fourth-order valence-electron chi connectivity index (χ4n) is 2.60. The monoisotopic (exact) mass is 289 g/mol. The number of methoxy groups -OCH3 is 1. The van der Waals surface area contributed by atoms with Crippen LogP contribution in [0, 0.1) is 12.8 Å². The number of nitrogens with one attached hydrogen (secondary N) is 2. The number of aryl methyl sites for hydroxylation is 1. The van der Waals surface area contributed by atoms with Crippen molar-refractivity contribution in [2.24, 2.45) is 5.92 Å². The van der Waals surface area contributed by atoms with E-state index in [0.29, 0.717) is 40.8 Å². The van der Waals surface area contributed by atoms with Gasteiger partial charge in [0.2, 0.25) is 0 Å². The topological polar surface area (TPSA) is 76.2 Å². The van der Waals surface area contributed by atoms with Crippen LogP contribution in [0.2, 0.25) is 0 Å². The molecule has 1 atom stereocenters. The zero-order valence-corrected chi connectivity index (χ0v) is 12.2. The maximum Gasteiger partial charge on any atom is 0.258 e. The Morgan fingerprint density at radius 2 is 2.24 bits per heavy atom. The van der Waals surface area contributed by atoms with Gasteiger partial charge in [-0.1, -0.05) is 0 Å². The van der Waals surface area contributed by atoms with E-state index in [1.165, 1.54) is 0 Å². The van der Waals surface area contributed by atoms with Crippen LogP contribution in [-0.2, 0) is 0 Å². The van der Waals surface area contributed by atoms with Crippen molar-refractivity contribution in [1.29, 1.82) is 0 Å². The van der Waals surface area contributed by atoms with Gasteiger partial charge in [-0.3, -0.25) is 4.79 Å². The number of hydrogen-bond acceptors (Lipinski definition) is 5. The molecule has 112 valence electrons. The van der Waals surface area contributed by atoms with Gasteiger partial charge in [-0.15, -0.1) is 0 Å². The molecule has 0 amide bonds. The van der Waals surface area contributed by atoms with Crippen LogP contribution in [0.25, 0.3) is 10.9 Å². The molecule has 2 N–H and O–H groups in total. The van der Waals surface area contributed by atoms with Crippen LogP contribution in [0.1, 0.15) is 12.2 Å². The van der Waals surface area contributed by atoms with Crippen molar-refractivity contribution in [3.8, 4) is 11.5 Å². The number of aromatic amines is 1. The zero-order chi connectivity index (χ0) is 14.8. The smallest absolute Gasteiger partial charge is 0.258 e. The highest BCUT2D eigenvalue weighted by Crippen LogP contribution is 2.31. The SMILES string of the molecule is COc1cc2c(=O)[nH]c(C)nc2cc1OCC1CCNC1. The van der Waals surface area contributed by atoms with Crippen LogP contribution >= 0.6 is 0 Å². The van der Waals surface area contributed by atoms with E-state index >= 15 is 0 Å². The minimum atomic E-state index is -0.164. The van der Waals surface area contributed by atoms with Crippen LogP contribution < -0.4 is 20.3 Å². The molecule has 3 rings (SSSR count). The second-order valence-corrected chi connectivity index (χ2v) is 5.34. The molecule has 0 aliphatic carbocycles. The number of H-pyrrole nitrogens is 1. The molecule has 21 heavy (non-hydrogen) atoms. The fraction of sp³-hybridized carbons (Fsp3) is 0.467. The number of fused-ring (bicyclic) bond motifs is 1. The summed E-state index contributed by atoms with van der Waals surface area (Å²) in [5.41, 5.74) is 0.457. The molecule has 0 bridgehead atoms. The van der Waals surface area contributed by atoms with Crippen molar-refractivity contribution in [2.75, 3.05) is 26.8 Å². The van der Waals surface area contributed by atoms with Gasteiger partial charge in [-0.25, -0.2) is 4.98 Å². The third-order valence-corrected chi connectivity index (χ3v) is 3.75. The first-order valence-electron chi connectivity index (χ1n) is 7.09. The molecular weight excluding hydrogens is 270 g/mol. The molecule has 6 heteroatoms. The summed E-state index contributed by atoms with van der Waals surface area (Å²) in [6.07, 6.45) is 1.12. The van der Waals surface area contributed by atoms with Gasteiger partial charge in [-0.05, 0) is 26.0 Å². The van der Waals surface area contributed by atoms with Crippen LogP contribution in [-0.4, -0.2) is 36.8 Å². The highest BCUT2D eigenvalue weighted by molar-refractivity contribution is 5.81. The zero-order valence-electron chi connectivity index (χ0n) is 12.2. The Labute approximate surface area is 122 Å². The van der Waals surface area contributed by atoms with E-state index in [1.54, 1.807) is 26.2 Å². The molecule has 1 unspecified atom stereocenters. The molecule has 1 fully saturated rings. The van der Waals surface area contributed by atoms with Crippen molar-refractivity contribution in [1.82, 2.24) is 15.3 Å². The average Bonchev–Trinajstić information content (AvgIpc) is 2.97. The minimum Gasteiger partial charge on any atom is -0.493 e. The third-order valence-electron chi connectivity index (χ3n) is 3.75. The first-order chi connectivity index (χ1) is 10.2. The maximum atomic E-state index is 11.9. The summed E-state index contributed by atoms with van der Waals surface area (Å²) in [6, 6.07) is 3.46. The predicted molar refractivity (Wildman–Crippen MR) is 80.1 cm³/mol. The van der Waals surface area contributed by atoms with E-state index in [1.807, 2.05) is 0 Å². The van der Waals surface area contributed by atoms with Gasteiger partial charge >= 0.3 is 0 Å². The number of rotatable bonds is 4. The standard InChI is InChI=1S/C15H19N3O3/c1-9-17-12-6-14(21-8-10-3-4-16-7-10)13(20-2)5-11(12)15(19)18-9/h5-6,10,16H,3-4,7-8H2,1-2H3,(H,17,18,19). The van der Waals surface area contributed by atoms with Gasteiger partial charge in [0.1, 0.15) is 5.82 Å². The van der Waals surface area contributed by atoms with Gasteiger partial charge in [-0.2, -0.15) is 0 Å². The summed E-state index contributed by atoms with van der Waals surface area (Å²) < 4.78 is 11.2. The molecule has 1 aliphatic heterocycles. The average molecular weight is 289 g/mol. The second-order valence-electron chi connectivity index (χ2n) is 5.34. The van der Waals surface area contributed by atoms with Crippen molar-refractivity contribution >= 4 is 10.9 Å². The first kappa shape index (κ1) is 13.9. The Morgan fingerprint density at radius 3 is 2.95 bits per heavy atom. The largest absolute Gasteiger partial charge is 0.493 e. The van der Waals surface area contributed by atoms with Crippen molar-refractivity contribution in [2.45, 2.75) is 13.3 Å². The van der Waals surface area contributed by atoms with E-state index in [2.05, 4.69) is 15.3 Å². The second kappa shape index (κ2) is 5.73. The molecule has 0 radical (unpaired) electrons. The predicted octanol–water partition coefficient (Wildman–Crippen LogP) is 1.23. The summed E-state index contributed by atoms with van der Waals surface area (Å²) in [5.74, 6) is 2.29. The summed E-state index contributed by atoms with van der Waals surface area (Å²) in [7, 11) is 1.57. The number of hydrogen-bond donors (Lipinski definition) is 2. The third kappa shape index (κ3) is 2.85. The molecule has 0 saturated carbocycles. The first-order valence-corrected chi connectivity index (χ1v) is 7.09. The lowest BCUT2D eigenvalue weighted by molar-refractivity contribution is 0.248. The highest BCUT2D eigenvalue weighted by Gasteiger charge is 2.17. The molecule has 2 aromatic rings. The van der Waals surface area contributed by atoms with E-state index in [0.717, 1.165) is 19.5 Å². The summed E-state index contributed by atoms with van der Waals surface area (Å²) >= 11 is 0. The van der Waals surface area contributed by atoms with Crippen LogP contribution in [0.5, 0.6) is 11.5 Å². The molecule has 1 aromatic carbocycles. The Morgan fingerprint density at radius 1 is 1.38 bits per heavy atom. The van der Waals surface area contributed by atoms with E-state index in [4.69, 9.17) is 9.47 Å². The summed E-state index contributed by atoms with van der Waals surface area (Å²) in [4.78, 5) is 19.0. The van der Waals surface area contributed by atoms with Gasteiger partial charge in [0, 0.05) is 18.5 Å². The normalized spacial score (nSPS) is 18.1. The Bertz CT molecular complexity index is 705. The number of ether oxygens (including phenoxy) is 2. The molecular formula is C15H19N3O3. The highest BCUT2D eigenvalue weighted by atomic mass is 16.5. The lowest BCUT2D eigenvalue weighted by Gasteiger charge is -2.14. The molecule has 0 spiro atoms. The fourth-order valence-corrected chi connectivity index (χ4v) is 2.60. The van der Waals surface area contributed by atoms with Crippen LogP contribution in [0.15, 0.2) is 16.9 Å². The lowest BCUT2D eigenvalue weighted by atomic mass is 10.1. The number of aromatic nitrogens is 2. The van der Waals surface area contributed by atoms with Crippen LogP contribution in [0.3, 0.4) is 0 Å². The van der Waals surface area contributed by atoms with Crippen LogP contribution in [0.4, 0.5) is 0 Å². The van der Waals surface area contributed by atoms with Crippen molar-refractivity contribution in [3.05, 3.63) is 28.3 Å². The summed E-state index contributed by atoms with van der Waals surface area (Å²) in [6.45, 7) is 4.42. The lowest BCUT2D eigenvalue weighted by Crippen LogP contribution is -2.16. The van der Waals surface area contributed by atoms with Crippen molar-refractivity contribution < 1.29 is 9.47 Å². The summed E-state index contributed by atoms with van der Waals surface area (Å²) in [5, 5.41) is 3.82. The maximum absolute atomic E-state index is 11.9. The Balaban J connectivity index is 1.94. The van der Waals surface area contributed by atoms with Gasteiger partial charge < -0.3 is 19.8 Å². The molecule has 1 saturated heterocycles. The number of nitrogens with zero attached hydrogens (tertiary/aromatic N) is 1. The van der Waals surface area contributed by atoms with Crippen molar-refractivity contribution in [3.63, 3.8) is 0 Å². The van der Waals surface area contributed by atoms with Gasteiger partial charge in [0.15, 0.2) is 11.5 Å². The van der Waals surface area contributed by atoms with E-state index in [-0.39, 0.29) is 5.56 Å². The molecule has 2 heterocycles. The quantitative estimate of drug-likeness (QED) is 0.885. The Hall–Kier alpha value is -2.08. The van der Waals surface area contributed by atoms with E-state index in [9.17, 15) is 4.79 Å². The molecule has 6 nitrogen and oxygen atoms in total. The molecule has 1 aliphatic rings. The van der Waals surface area contributed by atoms with E-state index < -0.39 is 0 Å². The number of benzene rings is 1. The Kier molecular flexibility index (Phi) is 3.79. The van der Waals surface area contributed by atoms with Gasteiger partial charge in [0.25, 0.3) is 5.56 Å². The minimum absolute atomic E-state index is 0.164. The molecule has 1 aromatic heterocycles.